The van der Waals surface area contributed by atoms with Gasteiger partial charge in [-0.05, 0) is 50.2 Å². The Bertz CT molecular complexity index is 1390. The normalized spacial score (nSPS) is 14.8. The number of hydrogen-bond acceptors (Lipinski definition) is 5. The smallest absolute Gasteiger partial charge is 0.340 e. The molecule has 1 aliphatic rings. The molecular weight excluding hydrogens is 483 g/mol. The molecule has 1 aliphatic heterocycles. The first-order chi connectivity index (χ1) is 16.9. The number of alkyl halides is 3. The van der Waals surface area contributed by atoms with Crippen molar-refractivity contribution in [1.29, 1.82) is 5.26 Å². The Kier molecular flexibility index (Phi) is 6.22. The predicted octanol–water partition coefficient (Wildman–Crippen LogP) is 4.50. The van der Waals surface area contributed by atoms with E-state index >= 15 is 0 Å². The fourth-order valence-electron chi connectivity index (χ4n) is 4.35. The second-order valence-electron chi connectivity index (χ2n) is 8.72. The average molecular weight is 504 g/mol. The number of carbonyl (C=O) groups is 1. The molecular formula is C24H21F5N6O. The minimum atomic E-state index is -4.77. The van der Waals surface area contributed by atoms with Gasteiger partial charge in [0.05, 0.1) is 29.3 Å². The van der Waals surface area contributed by atoms with Crippen molar-refractivity contribution in [1.82, 2.24) is 14.5 Å². The van der Waals surface area contributed by atoms with Crippen molar-refractivity contribution < 1.29 is 26.7 Å². The van der Waals surface area contributed by atoms with Gasteiger partial charge >= 0.3 is 6.18 Å². The Morgan fingerprint density at radius 1 is 1.17 bits per heavy atom. The maximum absolute atomic E-state index is 14.1. The summed E-state index contributed by atoms with van der Waals surface area (Å²) in [7, 11) is 0. The summed E-state index contributed by atoms with van der Waals surface area (Å²) in [4.78, 5) is 18.6. The molecule has 0 saturated heterocycles. The number of halogens is 5. The number of anilines is 2. The highest BCUT2D eigenvalue weighted by molar-refractivity contribution is 5.80. The quantitative estimate of drug-likeness (QED) is 0.510. The molecule has 36 heavy (non-hydrogen) atoms. The molecule has 0 bridgehead atoms. The Labute approximate surface area is 202 Å². The van der Waals surface area contributed by atoms with E-state index in [-0.39, 0.29) is 48.3 Å². The van der Waals surface area contributed by atoms with Crippen LogP contribution < -0.4 is 11.1 Å². The van der Waals surface area contributed by atoms with Crippen LogP contribution in [0.4, 0.5) is 33.5 Å². The lowest BCUT2D eigenvalue weighted by atomic mass is 9.99. The number of carbonyl (C=O) groups excluding carboxylic acids is 1. The second kappa shape index (κ2) is 8.91. The monoisotopic (exact) mass is 504 g/mol. The van der Waals surface area contributed by atoms with E-state index < -0.39 is 34.5 Å². The third-order valence-corrected chi connectivity index (χ3v) is 6.11. The highest BCUT2D eigenvalue weighted by Gasteiger charge is 2.41. The van der Waals surface area contributed by atoms with E-state index in [9.17, 15) is 26.7 Å². The van der Waals surface area contributed by atoms with Crippen LogP contribution in [0, 0.1) is 23.0 Å². The molecule has 7 nitrogen and oxygen atoms in total. The maximum Gasteiger partial charge on any atom is 0.417 e. The summed E-state index contributed by atoms with van der Waals surface area (Å²) in [5.74, 6) is -1.91. The zero-order valence-corrected chi connectivity index (χ0v) is 19.2. The number of nitriles is 1. The lowest BCUT2D eigenvalue weighted by Gasteiger charge is -2.42. The van der Waals surface area contributed by atoms with Gasteiger partial charge in [0.25, 0.3) is 0 Å². The van der Waals surface area contributed by atoms with E-state index in [0.717, 1.165) is 24.3 Å². The number of benzene rings is 2. The van der Waals surface area contributed by atoms with Crippen LogP contribution in [-0.4, -0.2) is 33.4 Å². The maximum atomic E-state index is 14.1. The van der Waals surface area contributed by atoms with Crippen molar-refractivity contribution in [2.45, 2.75) is 32.1 Å². The number of fused-ring (bicyclic) bond motifs is 1. The van der Waals surface area contributed by atoms with Gasteiger partial charge in [0.1, 0.15) is 17.3 Å². The zero-order chi connectivity index (χ0) is 26.4. The first-order valence-electron chi connectivity index (χ1n) is 10.8. The van der Waals surface area contributed by atoms with Crippen molar-refractivity contribution in [3.8, 4) is 17.3 Å². The molecule has 2 aromatic carbocycles. The van der Waals surface area contributed by atoms with Crippen molar-refractivity contribution >= 4 is 17.4 Å². The first kappa shape index (κ1) is 25.1. The van der Waals surface area contributed by atoms with Crippen molar-refractivity contribution in [2.75, 3.05) is 18.4 Å². The molecule has 3 N–H and O–H groups in total. The summed E-state index contributed by atoms with van der Waals surface area (Å²) in [5.41, 5.74) is 3.25. The second-order valence-corrected chi connectivity index (χ2v) is 8.72. The molecule has 1 amide bonds. The van der Waals surface area contributed by atoms with Gasteiger partial charge in [-0.2, -0.15) is 18.4 Å². The van der Waals surface area contributed by atoms with E-state index in [1.54, 1.807) is 18.4 Å². The summed E-state index contributed by atoms with van der Waals surface area (Å²) < 4.78 is 70.0. The highest BCUT2D eigenvalue weighted by atomic mass is 19.4. The lowest BCUT2D eigenvalue weighted by Crippen LogP contribution is -2.53. The summed E-state index contributed by atoms with van der Waals surface area (Å²) in [6.07, 6.45) is -4.77. The van der Waals surface area contributed by atoms with Crippen LogP contribution in [0.15, 0.2) is 36.4 Å². The lowest BCUT2D eigenvalue weighted by molar-refractivity contribution is -0.138. The third-order valence-electron chi connectivity index (χ3n) is 6.11. The van der Waals surface area contributed by atoms with Crippen LogP contribution >= 0.6 is 0 Å². The van der Waals surface area contributed by atoms with Gasteiger partial charge in [0.15, 0.2) is 11.6 Å². The third kappa shape index (κ3) is 4.26. The number of nitrogens with two attached hydrogens (primary N) is 1. The molecule has 0 fully saturated rings. The van der Waals surface area contributed by atoms with Crippen molar-refractivity contribution in [2.24, 2.45) is 5.73 Å². The van der Waals surface area contributed by atoms with E-state index in [1.807, 2.05) is 0 Å². The highest BCUT2D eigenvalue weighted by Crippen LogP contribution is 2.41. The van der Waals surface area contributed by atoms with Gasteiger partial charge in [0.2, 0.25) is 5.91 Å². The van der Waals surface area contributed by atoms with Gasteiger partial charge in [0, 0.05) is 24.3 Å². The molecule has 0 aliphatic carbocycles. The molecule has 188 valence electrons. The number of rotatable bonds is 4. The van der Waals surface area contributed by atoms with Gasteiger partial charge < -0.3 is 20.5 Å². The Morgan fingerprint density at radius 3 is 2.50 bits per heavy atom. The van der Waals surface area contributed by atoms with E-state index in [0.29, 0.717) is 5.82 Å². The van der Waals surface area contributed by atoms with E-state index in [1.165, 1.54) is 23.1 Å². The van der Waals surface area contributed by atoms with Crippen LogP contribution in [0.3, 0.4) is 0 Å². The molecule has 0 spiro atoms. The Hall–Kier alpha value is -3.98. The number of nitrogens with zero attached hydrogens (tertiary/aromatic N) is 4. The van der Waals surface area contributed by atoms with E-state index in [4.69, 9.17) is 11.0 Å². The topological polar surface area (TPSA) is 100.0 Å². The number of amides is 1. The van der Waals surface area contributed by atoms with Gasteiger partial charge in [-0.15, -0.1) is 0 Å². The van der Waals surface area contributed by atoms with E-state index in [2.05, 4.69) is 10.3 Å². The summed E-state index contributed by atoms with van der Waals surface area (Å²) in [6, 6.07) is 7.83. The van der Waals surface area contributed by atoms with Crippen LogP contribution in [-0.2, 0) is 23.1 Å². The molecule has 1 aromatic heterocycles. The molecule has 3 aromatic rings. The van der Waals surface area contributed by atoms with Gasteiger partial charge in [-0.25, -0.2) is 13.8 Å². The van der Waals surface area contributed by atoms with Crippen molar-refractivity contribution in [3.05, 3.63) is 65.0 Å². The fourth-order valence-corrected chi connectivity index (χ4v) is 4.35. The minimum Gasteiger partial charge on any atom is -0.340 e. The number of hydrogen-bond donors (Lipinski definition) is 2. The minimum absolute atomic E-state index is 0.00567. The molecule has 12 heteroatoms. The fraction of sp³-hybridized carbons (Fsp3) is 0.292. The molecule has 0 atom stereocenters. The van der Waals surface area contributed by atoms with Gasteiger partial charge in [-0.3, -0.25) is 4.79 Å². The van der Waals surface area contributed by atoms with Crippen LogP contribution in [0.25, 0.3) is 11.3 Å². The van der Waals surface area contributed by atoms with Crippen LogP contribution in [0.2, 0.25) is 0 Å². The van der Waals surface area contributed by atoms with Crippen molar-refractivity contribution in [3.63, 3.8) is 0 Å². The predicted molar refractivity (Wildman–Crippen MR) is 121 cm³/mol. The van der Waals surface area contributed by atoms with Crippen LogP contribution in [0.5, 0.6) is 0 Å². The largest absolute Gasteiger partial charge is 0.417 e. The van der Waals surface area contributed by atoms with Gasteiger partial charge in [-0.1, -0.05) is 0 Å². The Morgan fingerprint density at radius 2 is 1.89 bits per heavy atom. The average Bonchev–Trinajstić information content (AvgIpc) is 3.19. The molecule has 4 rings (SSSR count). The SMILES string of the molecule is CC1(C)c2nc(-c3ccc(F)c(F)c3)c(Nc3ccc(C#N)c(C(F)(F)F)c3)n2CCN1C(=O)CN. The molecule has 2 heterocycles. The molecule has 0 radical (unpaired) electrons. The summed E-state index contributed by atoms with van der Waals surface area (Å²) in [5, 5.41) is 12.0. The number of aromatic nitrogens is 2. The number of imidazole rings is 1. The summed E-state index contributed by atoms with van der Waals surface area (Å²) >= 11 is 0. The number of nitrogens with one attached hydrogen (secondary N) is 1. The first-order valence-corrected chi connectivity index (χ1v) is 10.8. The zero-order valence-electron chi connectivity index (χ0n) is 19.2. The van der Waals surface area contributed by atoms with Crippen LogP contribution in [0.1, 0.15) is 30.8 Å². The molecule has 0 unspecified atom stereocenters. The molecule has 0 saturated carbocycles. The Balaban J connectivity index is 1.90. The summed E-state index contributed by atoms with van der Waals surface area (Å²) in [6.45, 7) is 3.70. The standard InChI is InChI=1S/C24H21F5N6O/c1-23(2)22-33-20(13-4-6-17(25)18(26)9-13)21(34(22)7-8-35(23)19(36)12-31)32-15-5-3-14(11-30)16(10-15)24(27,28)29/h3-6,9-10,32H,7-8,12,31H2,1-2H3.